The van der Waals surface area contributed by atoms with E-state index in [-0.39, 0.29) is 6.04 Å². The van der Waals surface area contributed by atoms with Gasteiger partial charge < -0.3 is 9.84 Å². The molecule has 22 heavy (non-hydrogen) atoms. The second-order valence-electron chi connectivity index (χ2n) is 5.99. The summed E-state index contributed by atoms with van der Waals surface area (Å²) < 4.78 is 7.18. The van der Waals surface area contributed by atoms with Gasteiger partial charge in [-0.3, -0.25) is 4.90 Å². The molecule has 1 aliphatic carbocycles. The third kappa shape index (κ3) is 2.54. The lowest BCUT2D eigenvalue weighted by molar-refractivity contribution is 0.0336. The van der Waals surface area contributed by atoms with Gasteiger partial charge in [-0.05, 0) is 17.5 Å². The molecular weight excluding hydrogens is 280 g/mol. The van der Waals surface area contributed by atoms with Crippen molar-refractivity contribution in [1.82, 2.24) is 19.9 Å². The maximum atomic E-state index is 10.5. The van der Waals surface area contributed by atoms with Crippen molar-refractivity contribution in [2.45, 2.75) is 25.1 Å². The second-order valence-corrected chi connectivity index (χ2v) is 5.99. The van der Waals surface area contributed by atoms with Crippen LogP contribution in [0.2, 0.25) is 0 Å². The SMILES string of the molecule is OC1c2ccccc2CC1n1cc(CN2CCOCC2)nn1. The average Bonchev–Trinajstić information content (AvgIpc) is 3.14. The largest absolute Gasteiger partial charge is 0.386 e. The maximum Gasteiger partial charge on any atom is 0.102 e. The molecule has 1 fully saturated rings. The van der Waals surface area contributed by atoms with Gasteiger partial charge in [-0.1, -0.05) is 29.5 Å². The standard InChI is InChI=1S/C16H20N4O2/c21-16-14-4-2-1-3-12(14)9-15(16)20-11-13(17-18-20)10-19-5-7-22-8-6-19/h1-4,11,15-16,21H,5-10H2. The van der Waals surface area contributed by atoms with Gasteiger partial charge in [0.1, 0.15) is 6.10 Å². The van der Waals surface area contributed by atoms with Crippen LogP contribution in [0.3, 0.4) is 0 Å². The quantitative estimate of drug-likeness (QED) is 0.914. The summed E-state index contributed by atoms with van der Waals surface area (Å²) in [4.78, 5) is 2.32. The van der Waals surface area contributed by atoms with Gasteiger partial charge in [-0.15, -0.1) is 5.10 Å². The molecule has 0 saturated carbocycles. The zero-order valence-corrected chi connectivity index (χ0v) is 12.4. The van der Waals surface area contributed by atoms with Gasteiger partial charge in [0, 0.05) is 19.6 Å². The van der Waals surface area contributed by atoms with Crippen LogP contribution in [0.25, 0.3) is 0 Å². The third-order valence-electron chi connectivity index (χ3n) is 4.55. The van der Waals surface area contributed by atoms with Gasteiger partial charge in [0.2, 0.25) is 0 Å². The highest BCUT2D eigenvalue weighted by Crippen LogP contribution is 2.38. The number of hydrogen-bond donors (Lipinski definition) is 1. The first kappa shape index (κ1) is 13.9. The number of benzene rings is 1. The minimum absolute atomic E-state index is 0.0525. The lowest BCUT2D eigenvalue weighted by Gasteiger charge is -2.25. The van der Waals surface area contributed by atoms with E-state index in [2.05, 4.69) is 21.3 Å². The van der Waals surface area contributed by atoms with Crippen LogP contribution >= 0.6 is 0 Å². The van der Waals surface area contributed by atoms with Gasteiger partial charge in [0.25, 0.3) is 0 Å². The molecule has 0 radical (unpaired) electrons. The maximum absolute atomic E-state index is 10.5. The molecule has 1 saturated heterocycles. The van der Waals surface area contributed by atoms with Crippen molar-refractivity contribution in [1.29, 1.82) is 0 Å². The first-order chi connectivity index (χ1) is 10.8. The molecule has 4 rings (SSSR count). The molecular formula is C16H20N4O2. The Bertz CT molecular complexity index is 651. The Morgan fingerprint density at radius 1 is 1.23 bits per heavy atom. The summed E-state index contributed by atoms with van der Waals surface area (Å²) in [5.41, 5.74) is 3.16. The van der Waals surface area contributed by atoms with Gasteiger partial charge >= 0.3 is 0 Å². The molecule has 0 amide bonds. The fraction of sp³-hybridized carbons (Fsp3) is 0.500. The molecule has 1 N–H and O–H groups in total. The predicted molar refractivity (Wildman–Crippen MR) is 80.3 cm³/mol. The first-order valence-electron chi connectivity index (χ1n) is 7.78. The van der Waals surface area contributed by atoms with Crippen LogP contribution in [-0.2, 0) is 17.7 Å². The summed E-state index contributed by atoms with van der Waals surface area (Å²) in [6.07, 6.45) is 2.27. The number of aromatic nitrogens is 3. The Balaban J connectivity index is 1.48. The number of aliphatic hydroxyl groups excluding tert-OH is 1. The lowest BCUT2D eigenvalue weighted by Crippen LogP contribution is -2.35. The minimum Gasteiger partial charge on any atom is -0.386 e. The summed E-state index contributed by atoms with van der Waals surface area (Å²) in [6, 6.07) is 7.99. The van der Waals surface area contributed by atoms with Crippen LogP contribution in [0.15, 0.2) is 30.5 Å². The number of hydrogen-bond acceptors (Lipinski definition) is 5. The van der Waals surface area contributed by atoms with Crippen molar-refractivity contribution in [2.75, 3.05) is 26.3 Å². The van der Waals surface area contributed by atoms with Crippen molar-refractivity contribution in [3.63, 3.8) is 0 Å². The van der Waals surface area contributed by atoms with Crippen LogP contribution in [-0.4, -0.2) is 51.3 Å². The summed E-state index contributed by atoms with van der Waals surface area (Å²) in [7, 11) is 0. The van der Waals surface area contributed by atoms with Gasteiger partial charge in [0.15, 0.2) is 0 Å². The Kier molecular flexibility index (Phi) is 3.65. The third-order valence-corrected chi connectivity index (χ3v) is 4.55. The predicted octanol–water partition coefficient (Wildman–Crippen LogP) is 0.941. The Morgan fingerprint density at radius 2 is 2.05 bits per heavy atom. The number of rotatable bonds is 3. The summed E-state index contributed by atoms with van der Waals surface area (Å²) in [5.74, 6) is 0. The highest BCUT2D eigenvalue weighted by molar-refractivity contribution is 5.35. The molecule has 6 heteroatoms. The van der Waals surface area contributed by atoms with Crippen molar-refractivity contribution < 1.29 is 9.84 Å². The molecule has 1 aromatic heterocycles. The summed E-state index contributed by atoms with van der Waals surface area (Å²) in [5, 5.41) is 19.0. The van der Waals surface area contributed by atoms with Crippen LogP contribution in [0.4, 0.5) is 0 Å². The first-order valence-corrected chi connectivity index (χ1v) is 7.78. The smallest absolute Gasteiger partial charge is 0.102 e. The minimum atomic E-state index is -0.505. The Hall–Kier alpha value is -1.76. The fourth-order valence-corrected chi connectivity index (χ4v) is 3.33. The molecule has 1 aromatic carbocycles. The molecule has 0 spiro atoms. The monoisotopic (exact) mass is 300 g/mol. The van der Waals surface area contributed by atoms with Crippen LogP contribution in [0, 0.1) is 0 Å². The normalized spacial score (nSPS) is 25.3. The fourth-order valence-electron chi connectivity index (χ4n) is 3.33. The molecule has 2 unspecified atom stereocenters. The zero-order chi connectivity index (χ0) is 14.9. The number of nitrogens with zero attached hydrogens (tertiary/aromatic N) is 4. The van der Waals surface area contributed by atoms with E-state index in [1.165, 1.54) is 5.56 Å². The number of fused-ring (bicyclic) bond motifs is 1. The topological polar surface area (TPSA) is 63.4 Å². The van der Waals surface area contributed by atoms with Gasteiger partial charge in [0.05, 0.1) is 31.1 Å². The molecule has 2 aliphatic rings. The number of morpholine rings is 1. The number of aliphatic hydroxyl groups is 1. The summed E-state index contributed by atoms with van der Waals surface area (Å²) in [6.45, 7) is 4.23. The van der Waals surface area contributed by atoms with Gasteiger partial charge in [-0.25, -0.2) is 4.68 Å². The number of ether oxygens (including phenoxy) is 1. The lowest BCUT2D eigenvalue weighted by atomic mass is 10.1. The van der Waals surface area contributed by atoms with Crippen molar-refractivity contribution in [3.05, 3.63) is 47.3 Å². The van der Waals surface area contributed by atoms with Crippen LogP contribution in [0.5, 0.6) is 0 Å². The molecule has 2 heterocycles. The molecule has 116 valence electrons. The molecule has 1 aliphatic heterocycles. The van der Waals surface area contributed by atoms with E-state index in [1.807, 2.05) is 29.1 Å². The van der Waals surface area contributed by atoms with Gasteiger partial charge in [-0.2, -0.15) is 0 Å². The van der Waals surface area contributed by atoms with Crippen molar-refractivity contribution in [2.24, 2.45) is 0 Å². The van der Waals surface area contributed by atoms with Crippen molar-refractivity contribution >= 4 is 0 Å². The molecule has 2 atom stereocenters. The van der Waals surface area contributed by atoms with E-state index in [0.717, 1.165) is 50.5 Å². The van der Waals surface area contributed by atoms with Crippen LogP contribution in [0.1, 0.15) is 29.0 Å². The zero-order valence-electron chi connectivity index (χ0n) is 12.4. The van der Waals surface area contributed by atoms with E-state index < -0.39 is 6.10 Å². The van der Waals surface area contributed by atoms with E-state index in [4.69, 9.17) is 4.74 Å². The van der Waals surface area contributed by atoms with E-state index in [9.17, 15) is 5.11 Å². The summed E-state index contributed by atoms with van der Waals surface area (Å²) >= 11 is 0. The highest BCUT2D eigenvalue weighted by atomic mass is 16.5. The molecule has 6 nitrogen and oxygen atoms in total. The molecule has 0 bridgehead atoms. The average molecular weight is 300 g/mol. The Labute approximate surface area is 129 Å². The van der Waals surface area contributed by atoms with Crippen molar-refractivity contribution in [3.8, 4) is 0 Å². The molecule has 2 aromatic rings. The Morgan fingerprint density at radius 3 is 2.86 bits per heavy atom. The van der Waals surface area contributed by atoms with Crippen LogP contribution < -0.4 is 0 Å². The highest BCUT2D eigenvalue weighted by Gasteiger charge is 2.32. The van der Waals surface area contributed by atoms with E-state index in [1.54, 1.807) is 0 Å². The van der Waals surface area contributed by atoms with E-state index >= 15 is 0 Å². The second kappa shape index (κ2) is 5.79. The van der Waals surface area contributed by atoms with E-state index in [0.29, 0.717) is 0 Å².